The zero-order valence-corrected chi connectivity index (χ0v) is 21.7. The fourth-order valence-corrected chi connectivity index (χ4v) is 5.45. The molecule has 0 aliphatic carbocycles. The summed E-state index contributed by atoms with van der Waals surface area (Å²) in [6.07, 6.45) is -0.297. The normalized spacial score (nSPS) is 13.0. The van der Waals surface area contributed by atoms with Gasteiger partial charge in [-0.05, 0) is 57.1 Å². The van der Waals surface area contributed by atoms with Gasteiger partial charge in [-0.25, -0.2) is 0 Å². The molecule has 35 heavy (non-hydrogen) atoms. The Bertz CT molecular complexity index is 1230. The molecule has 0 bridgehead atoms. The Balaban J connectivity index is 2.05. The Hall–Kier alpha value is -2.22. The molecule has 1 unspecified atom stereocenters. The van der Waals surface area contributed by atoms with Crippen molar-refractivity contribution >= 4 is 29.3 Å². The van der Waals surface area contributed by atoms with Crippen molar-refractivity contribution in [2.24, 2.45) is 0 Å². The van der Waals surface area contributed by atoms with Gasteiger partial charge in [-0.15, -0.1) is 0 Å². The summed E-state index contributed by atoms with van der Waals surface area (Å²) in [5.41, 5.74) is -2.46. The van der Waals surface area contributed by atoms with Crippen LogP contribution in [0.25, 0.3) is 0 Å². The van der Waals surface area contributed by atoms with Crippen LogP contribution < -0.4 is 0 Å². The van der Waals surface area contributed by atoms with E-state index in [1.54, 1.807) is 62.4 Å². The minimum atomic E-state index is -5.75. The average molecular weight is 567 g/mol. The van der Waals surface area contributed by atoms with Gasteiger partial charge in [0.25, 0.3) is 0 Å². The first-order valence-corrected chi connectivity index (χ1v) is 13.5. The van der Waals surface area contributed by atoms with Gasteiger partial charge < -0.3 is 14.5 Å². The Labute approximate surface area is 211 Å². The monoisotopic (exact) mass is 566 g/mol. The smallest absolute Gasteiger partial charge is 0.361 e. The highest BCUT2D eigenvalue weighted by Crippen LogP contribution is 2.61. The van der Waals surface area contributed by atoms with Gasteiger partial charge in [-0.2, -0.15) is 8.78 Å². The average Bonchev–Trinajstić information content (AvgIpc) is 2.84. The summed E-state index contributed by atoms with van der Waals surface area (Å²) in [7, 11) is -5.75. The number of carbonyl (C=O) groups excluding carboxylic acids is 1. The van der Waals surface area contributed by atoms with Gasteiger partial charge in [0.15, 0.2) is 5.78 Å². The molecule has 0 saturated heterocycles. The van der Waals surface area contributed by atoms with E-state index in [0.717, 1.165) is 6.07 Å². The molecule has 3 aromatic rings. The lowest BCUT2D eigenvalue weighted by atomic mass is 9.94. The molecule has 0 radical (unpaired) electrons. The summed E-state index contributed by atoms with van der Waals surface area (Å²) in [4.78, 5) is 31.9. The highest BCUT2D eigenvalue weighted by Gasteiger charge is 2.52. The number of hydrogen-bond acceptors (Lipinski definition) is 3. The molecule has 0 saturated carbocycles. The van der Waals surface area contributed by atoms with E-state index < -0.39 is 24.9 Å². The minimum absolute atomic E-state index is 0.0508. The summed E-state index contributed by atoms with van der Waals surface area (Å²) in [6.45, 7) is 3.46. The number of ketones is 1. The Morgan fingerprint density at radius 2 is 1.57 bits per heavy atom. The molecule has 0 fully saturated rings. The number of hydrogen-bond donors (Lipinski definition) is 2. The summed E-state index contributed by atoms with van der Waals surface area (Å²) in [6, 6.07) is 18.8. The lowest BCUT2D eigenvalue weighted by Crippen LogP contribution is -2.19. The van der Waals surface area contributed by atoms with Crippen molar-refractivity contribution in [1.29, 1.82) is 0 Å². The Morgan fingerprint density at radius 1 is 1.00 bits per heavy atom. The van der Waals surface area contributed by atoms with Crippen LogP contribution in [0.2, 0.25) is 0 Å². The van der Waals surface area contributed by atoms with E-state index in [9.17, 15) is 27.9 Å². The maximum absolute atomic E-state index is 14.6. The Kier molecular flexibility index (Phi) is 8.78. The highest BCUT2D eigenvalue weighted by molar-refractivity contribution is 9.10. The largest absolute Gasteiger partial charge is 0.399 e. The fourth-order valence-electron chi connectivity index (χ4n) is 3.92. The molecule has 2 N–H and O–H groups in total. The van der Waals surface area contributed by atoms with Crippen LogP contribution in [-0.4, -0.2) is 15.6 Å². The maximum Gasteiger partial charge on any atom is 0.399 e. The third-order valence-corrected chi connectivity index (χ3v) is 7.67. The molecular weight excluding hydrogens is 541 g/mol. The maximum atomic E-state index is 14.6. The van der Waals surface area contributed by atoms with Crippen molar-refractivity contribution < 1.29 is 32.7 Å². The molecule has 0 heterocycles. The highest BCUT2D eigenvalue weighted by atomic mass is 79.9. The van der Waals surface area contributed by atoms with Crippen LogP contribution >= 0.6 is 23.5 Å². The van der Waals surface area contributed by atoms with E-state index in [2.05, 4.69) is 15.9 Å². The molecule has 5 nitrogen and oxygen atoms in total. The molecule has 0 aliphatic rings. The quantitative estimate of drug-likeness (QED) is 0.205. The van der Waals surface area contributed by atoms with E-state index in [1.807, 2.05) is 12.1 Å². The lowest BCUT2D eigenvalue weighted by molar-refractivity contribution is 0.0327. The molecule has 1 atom stereocenters. The van der Waals surface area contributed by atoms with Gasteiger partial charge in [-0.1, -0.05) is 74.5 Å². The van der Waals surface area contributed by atoms with Crippen LogP contribution in [0, 0.1) is 0 Å². The van der Waals surface area contributed by atoms with Gasteiger partial charge >= 0.3 is 13.3 Å². The predicted molar refractivity (Wildman–Crippen MR) is 134 cm³/mol. The van der Waals surface area contributed by atoms with Gasteiger partial charge in [-0.3, -0.25) is 9.36 Å². The summed E-state index contributed by atoms with van der Waals surface area (Å²) in [5, 5.41) is 0. The predicted octanol–water partition coefficient (Wildman–Crippen LogP) is 6.94. The zero-order valence-electron chi connectivity index (χ0n) is 19.2. The van der Waals surface area contributed by atoms with E-state index in [4.69, 9.17) is 4.74 Å². The fraction of sp³-hybridized carbons (Fsp3) is 0.269. The molecule has 3 aromatic carbocycles. The van der Waals surface area contributed by atoms with E-state index >= 15 is 0 Å². The van der Waals surface area contributed by atoms with Crippen LogP contribution in [-0.2, 0) is 34.4 Å². The molecule has 9 heteroatoms. The van der Waals surface area contributed by atoms with Crippen molar-refractivity contribution in [3.63, 3.8) is 0 Å². The van der Waals surface area contributed by atoms with E-state index in [1.165, 1.54) is 0 Å². The van der Waals surface area contributed by atoms with Crippen LogP contribution in [0.15, 0.2) is 71.2 Å². The van der Waals surface area contributed by atoms with Crippen LogP contribution in [0.1, 0.15) is 58.1 Å². The Morgan fingerprint density at radius 3 is 2.09 bits per heavy atom. The van der Waals surface area contributed by atoms with Gasteiger partial charge in [0.05, 0.1) is 6.61 Å². The second kappa shape index (κ2) is 11.2. The first kappa shape index (κ1) is 27.4. The number of Topliss-reactive ketones (excluding diaryl/α,β-unsaturated/α-hetero) is 1. The lowest BCUT2D eigenvalue weighted by Gasteiger charge is -2.25. The molecule has 3 rings (SSSR count). The number of carbonyl (C=O) groups is 1. The molecule has 0 aliphatic heterocycles. The summed E-state index contributed by atoms with van der Waals surface area (Å²) < 4.78 is 46.9. The van der Waals surface area contributed by atoms with E-state index in [-0.39, 0.29) is 16.9 Å². The van der Waals surface area contributed by atoms with Crippen molar-refractivity contribution in [2.45, 2.75) is 45.1 Å². The number of aryl methyl sites for hydroxylation is 1. The van der Waals surface area contributed by atoms with Crippen LogP contribution in [0.5, 0.6) is 0 Å². The third-order valence-electron chi connectivity index (χ3n) is 5.79. The van der Waals surface area contributed by atoms with Crippen LogP contribution in [0.4, 0.5) is 8.78 Å². The number of rotatable bonds is 10. The van der Waals surface area contributed by atoms with Gasteiger partial charge in [0, 0.05) is 15.6 Å². The second-order valence-electron chi connectivity index (χ2n) is 7.98. The molecular formula is C26H26BrF2O5P. The number of halogens is 3. The van der Waals surface area contributed by atoms with E-state index in [0.29, 0.717) is 40.7 Å². The topological polar surface area (TPSA) is 83.8 Å². The first-order valence-electron chi connectivity index (χ1n) is 11.1. The number of ether oxygens (including phenoxy) is 1. The minimum Gasteiger partial charge on any atom is -0.361 e. The van der Waals surface area contributed by atoms with Gasteiger partial charge in [0.2, 0.25) is 0 Å². The molecule has 0 aromatic heterocycles. The van der Waals surface area contributed by atoms with Crippen molar-refractivity contribution in [1.82, 2.24) is 0 Å². The van der Waals surface area contributed by atoms with Crippen LogP contribution in [0.3, 0.4) is 0 Å². The standard InChI is InChI=1S/C26H26BrF2O5P/c1-3-17-15-22(26(28,29)35(31,32)33)23(27)20(4-2)21(17)16-34-25(19-13-9-6-10-14-19)24(30)18-11-7-5-8-12-18/h5-15,25H,3-4,16H2,1-2H3,(H2,31,32,33). The summed E-state index contributed by atoms with van der Waals surface area (Å²) in [5.74, 6) is -0.239. The number of alkyl halides is 2. The van der Waals surface area contributed by atoms with Crippen molar-refractivity contribution in [3.05, 3.63) is 105 Å². The van der Waals surface area contributed by atoms with Crippen molar-refractivity contribution in [3.8, 4) is 0 Å². The second-order valence-corrected chi connectivity index (χ2v) is 10.4. The molecule has 0 amide bonds. The van der Waals surface area contributed by atoms with Crippen molar-refractivity contribution in [2.75, 3.05) is 0 Å². The molecule has 186 valence electrons. The summed E-state index contributed by atoms with van der Waals surface area (Å²) >= 11 is 3.16. The van der Waals surface area contributed by atoms with Gasteiger partial charge in [0.1, 0.15) is 6.10 Å². The third kappa shape index (κ3) is 5.79. The zero-order chi connectivity index (χ0) is 25.8. The first-order chi connectivity index (χ1) is 16.5. The SMILES string of the molecule is CCc1cc(C(F)(F)P(=O)(O)O)c(Br)c(CC)c1COC(C(=O)c1ccccc1)c1ccccc1. The molecule has 0 spiro atoms. The number of benzene rings is 3.